The first-order chi connectivity index (χ1) is 36.1. The lowest BCUT2D eigenvalue weighted by Crippen LogP contribution is -2.07. The van der Waals surface area contributed by atoms with E-state index in [1.807, 2.05) is 24.3 Å². The molecule has 338 valence electrons. The Bertz CT molecular complexity index is 4380. The highest BCUT2D eigenvalue weighted by atomic mass is 15.2. The second kappa shape index (κ2) is 16.6. The van der Waals surface area contributed by atoms with Gasteiger partial charge in [0.05, 0.1) is 56.4 Å². The summed E-state index contributed by atoms with van der Waals surface area (Å²) in [5.41, 5.74) is 15.4. The number of nitrogens with zero attached hydrogens (tertiary/aromatic N) is 8. The average molecular weight is 931 g/mol. The molecule has 0 unspecified atom stereocenters. The number of rotatable bonds is 7. The van der Waals surface area contributed by atoms with Crippen molar-refractivity contribution in [2.75, 3.05) is 0 Å². The maximum atomic E-state index is 9.72. The molecule has 0 spiro atoms. The Kier molecular flexibility index (Phi) is 9.47. The predicted molar refractivity (Wildman–Crippen MR) is 294 cm³/mol. The van der Waals surface area contributed by atoms with Crippen molar-refractivity contribution in [3.8, 4) is 74.5 Å². The van der Waals surface area contributed by atoms with E-state index in [0.717, 1.165) is 99.4 Å². The molecule has 73 heavy (non-hydrogen) atoms. The van der Waals surface area contributed by atoms with Gasteiger partial charge in [-0.1, -0.05) is 121 Å². The number of nitriles is 2. The molecule has 14 rings (SSSR count). The Labute approximate surface area is 418 Å². The Hall–Kier alpha value is -10.4. The van der Waals surface area contributed by atoms with E-state index in [1.54, 1.807) is 24.3 Å². The van der Waals surface area contributed by atoms with Gasteiger partial charge in [0.15, 0.2) is 11.6 Å². The molecule has 0 N–H and O–H groups in total. The molecular formula is C65H38N8. The highest BCUT2D eigenvalue weighted by molar-refractivity contribution is 6.14. The maximum absolute atomic E-state index is 9.72. The Morgan fingerprint density at radius 1 is 0.274 bits per heavy atom. The highest BCUT2D eigenvalue weighted by Gasteiger charge is 2.22. The van der Waals surface area contributed by atoms with Gasteiger partial charge in [0.2, 0.25) is 5.95 Å². The topological polar surface area (TPSA) is 101 Å². The lowest BCUT2D eigenvalue weighted by Gasteiger charge is -2.13. The normalized spacial score (nSPS) is 11.5. The number of hydrogen-bond acceptors (Lipinski definition) is 5. The van der Waals surface area contributed by atoms with Crippen LogP contribution in [0, 0.1) is 22.7 Å². The summed E-state index contributed by atoms with van der Waals surface area (Å²) < 4.78 is 6.88. The average Bonchev–Trinajstić information content (AvgIpc) is 4.10. The van der Waals surface area contributed by atoms with Crippen LogP contribution in [-0.2, 0) is 0 Å². The molecule has 0 aliphatic carbocycles. The van der Waals surface area contributed by atoms with Crippen molar-refractivity contribution >= 4 is 65.4 Å². The van der Waals surface area contributed by atoms with Gasteiger partial charge in [-0.2, -0.15) is 20.5 Å². The van der Waals surface area contributed by atoms with Crippen molar-refractivity contribution in [3.63, 3.8) is 0 Å². The molecule has 0 bridgehead atoms. The summed E-state index contributed by atoms with van der Waals surface area (Å²) in [5.74, 6) is 1.32. The van der Waals surface area contributed by atoms with Gasteiger partial charge in [0.1, 0.15) is 0 Å². The van der Waals surface area contributed by atoms with Gasteiger partial charge in [-0.3, -0.25) is 4.57 Å². The third kappa shape index (κ3) is 6.78. The molecule has 0 amide bonds. The molecule has 8 nitrogen and oxygen atoms in total. The molecule has 0 radical (unpaired) electrons. The maximum Gasteiger partial charge on any atom is 0.238 e. The van der Waals surface area contributed by atoms with Gasteiger partial charge >= 0.3 is 0 Å². The molecule has 0 saturated heterocycles. The standard InChI is InChI=1S/C65H38N8/c66-39-41-19-23-45(24-20-41)63-68-64(46-25-21-42(40-67)22-26-46)70-65(69-63)73-61-37-49(71-57-17-9-7-15-51(57)52-16-8-10-18-58(52)71)29-31-53(61)54-32-30-50(38-62(54)73)72-59-33-27-47(43-11-3-1-4-12-43)35-55(59)56-36-48(28-34-60(56)72)44-13-5-2-6-14-44/h1-38H. The highest BCUT2D eigenvalue weighted by Crippen LogP contribution is 2.41. The number of hydrogen-bond donors (Lipinski definition) is 0. The third-order valence-corrected chi connectivity index (χ3v) is 14.2. The minimum absolute atomic E-state index is 0.424. The van der Waals surface area contributed by atoms with Crippen molar-refractivity contribution in [2.24, 2.45) is 0 Å². The summed E-state index contributed by atoms with van der Waals surface area (Å²) in [6.45, 7) is 0. The van der Waals surface area contributed by atoms with Gasteiger partial charge in [0.25, 0.3) is 0 Å². The Balaban J connectivity index is 1.06. The van der Waals surface area contributed by atoms with Crippen molar-refractivity contribution in [1.82, 2.24) is 28.7 Å². The molecule has 4 aromatic heterocycles. The fourth-order valence-electron chi connectivity index (χ4n) is 10.7. The van der Waals surface area contributed by atoms with E-state index in [2.05, 4.69) is 208 Å². The van der Waals surface area contributed by atoms with E-state index < -0.39 is 0 Å². The summed E-state index contributed by atoms with van der Waals surface area (Å²) in [6, 6.07) is 84.3. The van der Waals surface area contributed by atoms with Crippen LogP contribution in [0.25, 0.3) is 128 Å². The molecule has 0 aliphatic rings. The van der Waals surface area contributed by atoms with Gasteiger partial charge in [0, 0.05) is 54.8 Å². The van der Waals surface area contributed by atoms with Crippen molar-refractivity contribution < 1.29 is 0 Å². The number of para-hydroxylation sites is 2. The summed E-state index contributed by atoms with van der Waals surface area (Å²) in [5, 5.41) is 26.2. The van der Waals surface area contributed by atoms with Crippen LogP contribution < -0.4 is 0 Å². The van der Waals surface area contributed by atoms with Gasteiger partial charge in [-0.05, 0) is 131 Å². The molecular weight excluding hydrogens is 893 g/mol. The third-order valence-electron chi connectivity index (χ3n) is 14.2. The van der Waals surface area contributed by atoms with Crippen LogP contribution in [0.15, 0.2) is 231 Å². The smallest absolute Gasteiger partial charge is 0.238 e. The lowest BCUT2D eigenvalue weighted by atomic mass is 10.0. The first-order valence-electron chi connectivity index (χ1n) is 24.1. The van der Waals surface area contributed by atoms with E-state index in [0.29, 0.717) is 28.7 Å². The first-order valence-corrected chi connectivity index (χ1v) is 24.1. The van der Waals surface area contributed by atoms with E-state index in [-0.39, 0.29) is 0 Å². The van der Waals surface area contributed by atoms with Crippen molar-refractivity contribution in [1.29, 1.82) is 10.5 Å². The molecule has 8 heteroatoms. The molecule has 0 atom stereocenters. The van der Waals surface area contributed by atoms with E-state index in [9.17, 15) is 10.5 Å². The minimum atomic E-state index is 0.424. The Morgan fingerprint density at radius 3 is 1.10 bits per heavy atom. The van der Waals surface area contributed by atoms with E-state index in [1.165, 1.54) is 10.8 Å². The fraction of sp³-hybridized carbons (Fsp3) is 0. The minimum Gasteiger partial charge on any atom is -0.309 e. The number of benzene rings is 10. The second-order valence-corrected chi connectivity index (χ2v) is 18.3. The second-order valence-electron chi connectivity index (χ2n) is 18.3. The van der Waals surface area contributed by atoms with Gasteiger partial charge < -0.3 is 9.13 Å². The van der Waals surface area contributed by atoms with Crippen LogP contribution in [0.2, 0.25) is 0 Å². The lowest BCUT2D eigenvalue weighted by molar-refractivity contribution is 0.952. The Morgan fingerprint density at radius 2 is 0.658 bits per heavy atom. The van der Waals surface area contributed by atoms with Crippen LogP contribution in [0.1, 0.15) is 11.1 Å². The van der Waals surface area contributed by atoms with Crippen LogP contribution >= 0.6 is 0 Å². The van der Waals surface area contributed by atoms with E-state index in [4.69, 9.17) is 15.0 Å². The zero-order chi connectivity index (χ0) is 48.6. The predicted octanol–water partition coefficient (Wildman–Crippen LogP) is 15.6. The number of fused-ring (bicyclic) bond motifs is 9. The van der Waals surface area contributed by atoms with Crippen LogP contribution in [0.5, 0.6) is 0 Å². The van der Waals surface area contributed by atoms with Crippen LogP contribution in [0.4, 0.5) is 0 Å². The summed E-state index contributed by atoms with van der Waals surface area (Å²) >= 11 is 0. The SMILES string of the molecule is N#Cc1ccc(-c2nc(-c3ccc(C#N)cc3)nc(-n3c4cc(-n5c6ccccc6c6ccccc65)ccc4c4ccc(-n5c6ccc(-c7ccccc7)cc6c6cc(-c7ccccc7)ccc65)cc43)n2)cc1. The number of aromatic nitrogens is 6. The molecule has 14 aromatic rings. The summed E-state index contributed by atoms with van der Waals surface area (Å²) in [6.07, 6.45) is 0. The zero-order valence-corrected chi connectivity index (χ0v) is 39.0. The quantitative estimate of drug-likeness (QED) is 0.158. The fourth-order valence-corrected chi connectivity index (χ4v) is 10.7. The largest absolute Gasteiger partial charge is 0.309 e. The molecule has 0 aliphatic heterocycles. The molecule has 4 heterocycles. The van der Waals surface area contributed by atoms with Crippen molar-refractivity contribution in [2.45, 2.75) is 0 Å². The summed E-state index contributed by atoms with van der Waals surface area (Å²) in [4.78, 5) is 15.7. The van der Waals surface area contributed by atoms with Crippen LogP contribution in [-0.4, -0.2) is 28.7 Å². The van der Waals surface area contributed by atoms with Gasteiger partial charge in [-0.15, -0.1) is 0 Å². The van der Waals surface area contributed by atoms with Gasteiger partial charge in [-0.25, -0.2) is 4.98 Å². The first kappa shape index (κ1) is 41.6. The van der Waals surface area contributed by atoms with Crippen molar-refractivity contribution in [3.05, 3.63) is 242 Å². The molecule has 10 aromatic carbocycles. The molecule has 0 saturated carbocycles. The van der Waals surface area contributed by atoms with Crippen LogP contribution in [0.3, 0.4) is 0 Å². The molecule has 0 fully saturated rings. The van der Waals surface area contributed by atoms with E-state index >= 15 is 0 Å². The monoisotopic (exact) mass is 930 g/mol. The zero-order valence-electron chi connectivity index (χ0n) is 39.0. The summed E-state index contributed by atoms with van der Waals surface area (Å²) in [7, 11) is 0.